The number of ether oxygens (including phenoxy) is 7. The summed E-state index contributed by atoms with van der Waals surface area (Å²) >= 11 is 0. The van der Waals surface area contributed by atoms with E-state index in [0.717, 1.165) is 199 Å². The van der Waals surface area contributed by atoms with E-state index in [-0.39, 0.29) is 25.7 Å². The second kappa shape index (κ2) is 76.6. The summed E-state index contributed by atoms with van der Waals surface area (Å²) in [4.78, 5) is 107. The number of esters is 4. The topological polar surface area (TPSA) is 359 Å². The molecule has 0 aliphatic carbocycles. The van der Waals surface area contributed by atoms with E-state index < -0.39 is 168 Å². The summed E-state index contributed by atoms with van der Waals surface area (Å²) in [6.45, 7) is 11.3. The fourth-order valence-electron chi connectivity index (χ4n) is 16.7. The second-order valence-corrected chi connectivity index (χ2v) is 36.8. The Hall–Kier alpha value is -3.39. The van der Waals surface area contributed by atoms with Crippen molar-refractivity contribution in [2.75, 3.05) is 13.2 Å². The Morgan fingerprint density at radius 3 is 1.02 bits per heavy atom. The Balaban J connectivity index is 2.73. The van der Waals surface area contributed by atoms with Gasteiger partial charge in [0.05, 0.1) is 51.1 Å². The molecule has 0 aromatic carbocycles. The molecule has 9 N–H and O–H groups in total. The molecule has 25 heteroatoms. The summed E-state index contributed by atoms with van der Waals surface area (Å²) in [5.74, 6) is -4.55. The lowest BCUT2D eigenvalue weighted by Crippen LogP contribution is -2.68. The number of unbranched alkanes of at least 4 members (excludes halogenated alkanes) is 52. The van der Waals surface area contributed by atoms with Crippen LogP contribution in [-0.2, 0) is 71.0 Å². The molecule has 0 aromatic heterocycles. The normalized spacial score (nSPS) is 20.4. The van der Waals surface area contributed by atoms with Gasteiger partial charge in [0, 0.05) is 12.8 Å². The lowest BCUT2D eigenvalue weighted by molar-refractivity contribution is -0.298. The van der Waals surface area contributed by atoms with E-state index in [1.54, 1.807) is 0 Å². The Bertz CT molecular complexity index is 2550. The molecule has 0 bridgehead atoms. The maximum atomic E-state index is 15.1. The van der Waals surface area contributed by atoms with Crippen molar-refractivity contribution < 1.29 is 106 Å². The van der Waals surface area contributed by atoms with Gasteiger partial charge in [-0.2, -0.15) is 0 Å². The molecular weight excluding hydrogens is 1560 g/mol. The van der Waals surface area contributed by atoms with E-state index in [2.05, 4.69) is 52.2 Å². The van der Waals surface area contributed by atoms with Gasteiger partial charge in [0.25, 0.3) is 0 Å². The number of rotatable bonds is 84. The second-order valence-electron chi connectivity index (χ2n) is 35.7. The van der Waals surface area contributed by atoms with Crippen LogP contribution < -0.4 is 10.6 Å². The lowest BCUT2D eigenvalue weighted by Gasteiger charge is -2.46. The zero-order chi connectivity index (χ0) is 88.6. The molecule has 2 heterocycles. The van der Waals surface area contributed by atoms with Crippen LogP contribution in [-0.4, -0.2) is 170 Å². The van der Waals surface area contributed by atoms with Crippen LogP contribution in [0, 0.1) is 0 Å². The highest BCUT2D eigenvalue weighted by Gasteiger charge is 2.54. The summed E-state index contributed by atoms with van der Waals surface area (Å²) < 4.78 is 61.9. The number of carbonyl (C=O) groups is 6. The number of phosphoric ester groups is 1. The Labute approximate surface area is 733 Å². The molecule has 14 unspecified atom stereocenters. The number of nitrogens with one attached hydrogen (secondary N) is 2. The average molecular weight is 1750 g/mol. The molecule has 24 nitrogen and oxygen atoms in total. The van der Waals surface area contributed by atoms with Gasteiger partial charge < -0.3 is 79.1 Å². The summed E-state index contributed by atoms with van der Waals surface area (Å²) in [6.07, 6.45) is 40.7. The predicted octanol–water partition coefficient (Wildman–Crippen LogP) is 21.3. The van der Waals surface area contributed by atoms with Crippen molar-refractivity contribution in [2.45, 2.75) is 564 Å². The van der Waals surface area contributed by atoms with Gasteiger partial charge in [0.1, 0.15) is 48.7 Å². The summed E-state index contributed by atoms with van der Waals surface area (Å²) in [5.41, 5.74) is 0. The van der Waals surface area contributed by atoms with E-state index in [9.17, 15) is 63.9 Å². The highest BCUT2D eigenvalue weighted by molar-refractivity contribution is 7.46. The van der Waals surface area contributed by atoms with Crippen molar-refractivity contribution in [3.05, 3.63) is 0 Å². The molecule has 121 heavy (non-hydrogen) atoms. The quantitative estimate of drug-likeness (QED) is 0.0118. The molecular formula is C96H181N2O22P. The average Bonchev–Trinajstić information content (AvgIpc) is 0.777. The van der Waals surface area contributed by atoms with E-state index >= 15 is 4.79 Å². The smallest absolute Gasteiger partial charge is 0.462 e. The largest absolute Gasteiger partial charge is 0.470 e. The fourth-order valence-corrected chi connectivity index (χ4v) is 17.3. The highest BCUT2D eigenvalue weighted by atomic mass is 31.2. The third kappa shape index (κ3) is 60.9. The molecule has 0 saturated carbocycles. The van der Waals surface area contributed by atoms with Gasteiger partial charge in [0.2, 0.25) is 11.8 Å². The number of hydrogen-bond donors (Lipinski definition) is 9. The first kappa shape index (κ1) is 114. The SMILES string of the molecule is CCCCCCCCCCCCCC(=O)OC(CCCCCCCCCCC)CC(=O)NC1C(OCC2OC(O)C(NC(=O)CC(O)CCCCCCCCCCC)C(OC(=O)CC(O)CCCCCCCCCCC)C2O)OC(CO)C(OP(=O)(O)O)C1OC(=O)CC(CCCCCCCCCCC)OC(=O)CCCCCCCCCCCCC. The molecule has 2 aliphatic heterocycles. The number of phosphoric acid groups is 1. The first-order chi connectivity index (χ1) is 58.6. The van der Waals surface area contributed by atoms with Crippen molar-refractivity contribution in [3.63, 3.8) is 0 Å². The van der Waals surface area contributed by atoms with Gasteiger partial charge in [-0.05, 0) is 51.4 Å². The zero-order valence-corrected chi connectivity index (χ0v) is 78.2. The highest BCUT2D eigenvalue weighted by Crippen LogP contribution is 2.43. The molecule has 0 spiro atoms. The van der Waals surface area contributed by atoms with Crippen molar-refractivity contribution in [3.8, 4) is 0 Å². The van der Waals surface area contributed by atoms with Crippen molar-refractivity contribution >= 4 is 43.5 Å². The molecule has 14 atom stereocenters. The van der Waals surface area contributed by atoms with Crippen LogP contribution in [0.3, 0.4) is 0 Å². The van der Waals surface area contributed by atoms with Gasteiger partial charge in [0.15, 0.2) is 24.8 Å². The van der Waals surface area contributed by atoms with Crippen LogP contribution in [0.15, 0.2) is 0 Å². The molecule has 712 valence electrons. The van der Waals surface area contributed by atoms with E-state index in [0.29, 0.717) is 51.4 Å². The number of aliphatic hydroxyl groups excluding tert-OH is 5. The van der Waals surface area contributed by atoms with Crippen molar-refractivity contribution in [2.24, 2.45) is 0 Å². The first-order valence-corrected chi connectivity index (χ1v) is 51.5. The molecule has 2 fully saturated rings. The number of hydrogen-bond acceptors (Lipinski definition) is 20. The molecule has 2 amide bonds. The maximum absolute atomic E-state index is 15.1. The molecule has 0 radical (unpaired) electrons. The van der Waals surface area contributed by atoms with Crippen LogP contribution in [0.25, 0.3) is 0 Å². The third-order valence-corrected chi connectivity index (χ3v) is 24.6. The van der Waals surface area contributed by atoms with Gasteiger partial charge >= 0.3 is 31.7 Å². The van der Waals surface area contributed by atoms with Crippen molar-refractivity contribution in [1.82, 2.24) is 10.6 Å². The predicted molar refractivity (Wildman–Crippen MR) is 479 cm³/mol. The minimum atomic E-state index is -5.62. The monoisotopic (exact) mass is 1750 g/mol. The summed E-state index contributed by atoms with van der Waals surface area (Å²) in [7, 11) is -5.62. The summed E-state index contributed by atoms with van der Waals surface area (Å²) in [5, 5.41) is 63.3. The van der Waals surface area contributed by atoms with E-state index in [4.69, 9.17) is 37.7 Å². The minimum absolute atomic E-state index is 0.111. The van der Waals surface area contributed by atoms with Crippen LogP contribution in [0.5, 0.6) is 0 Å². The Morgan fingerprint density at radius 2 is 0.653 bits per heavy atom. The number of carbonyl (C=O) groups excluding carboxylic acids is 6. The van der Waals surface area contributed by atoms with Crippen molar-refractivity contribution in [1.29, 1.82) is 0 Å². The van der Waals surface area contributed by atoms with E-state index in [1.807, 2.05) is 0 Å². The zero-order valence-electron chi connectivity index (χ0n) is 77.3. The Morgan fingerprint density at radius 1 is 0.347 bits per heavy atom. The third-order valence-electron chi connectivity index (χ3n) is 24.1. The molecule has 2 saturated heterocycles. The standard InChI is InChI=1S/C96H181N2O22P/c1-7-13-19-25-31-37-39-45-51-57-63-69-85(104)114-79(67-61-55-49-43-35-29-23-17-11-5)73-84(103)98-90-94(119-88(107)74-80(68-62-56-50-44-36-30-24-18-12-6)115-86(105)70-64-58-52-46-40-38-32-26-20-14-8-2)92(120-121(110,111)112)81(75-99)117-96(90)113-76-82-91(108)93(118-87(106)72-78(101)66-60-54-48-42-34-28-22-16-10-4)89(95(109)116-82)97-83(102)71-77(100)65-59-53-47-41-33-27-21-15-9-3/h77-82,89-96,99-101,108-109H,7-76H2,1-6H3,(H,97,102)(H,98,103)(H2,110,111,112). The van der Waals surface area contributed by atoms with Gasteiger partial charge in [-0.1, -0.05) is 388 Å². The summed E-state index contributed by atoms with van der Waals surface area (Å²) in [6, 6.07) is -3.47. The van der Waals surface area contributed by atoms with Crippen LogP contribution >= 0.6 is 7.82 Å². The Kier molecular flexibility index (Phi) is 72.0. The molecule has 2 rings (SSSR count). The van der Waals surface area contributed by atoms with Gasteiger partial charge in [-0.25, -0.2) is 4.57 Å². The number of aliphatic hydroxyl groups is 5. The molecule has 2 aliphatic rings. The van der Waals surface area contributed by atoms with Gasteiger partial charge in [-0.15, -0.1) is 0 Å². The lowest BCUT2D eigenvalue weighted by atomic mass is 9.95. The van der Waals surface area contributed by atoms with Crippen LogP contribution in [0.2, 0.25) is 0 Å². The maximum Gasteiger partial charge on any atom is 0.470 e. The van der Waals surface area contributed by atoms with Gasteiger partial charge in [-0.3, -0.25) is 33.3 Å². The number of amides is 2. The molecule has 0 aromatic rings. The fraction of sp³-hybridized carbons (Fsp3) is 0.938. The van der Waals surface area contributed by atoms with Crippen LogP contribution in [0.1, 0.15) is 478 Å². The van der Waals surface area contributed by atoms with Crippen LogP contribution in [0.4, 0.5) is 0 Å². The van der Waals surface area contributed by atoms with E-state index in [1.165, 1.54) is 135 Å². The minimum Gasteiger partial charge on any atom is -0.462 e. The first-order valence-electron chi connectivity index (χ1n) is 50.0.